The molecule has 20 heavy (non-hydrogen) atoms. The van der Waals surface area contributed by atoms with E-state index >= 15 is 0 Å². The van der Waals surface area contributed by atoms with Gasteiger partial charge in [0.2, 0.25) is 0 Å². The van der Waals surface area contributed by atoms with Crippen LogP contribution in [0.2, 0.25) is 0 Å². The summed E-state index contributed by atoms with van der Waals surface area (Å²) in [6.07, 6.45) is 0. The monoisotopic (exact) mass is 331 g/mol. The Morgan fingerprint density at radius 2 is 1.75 bits per heavy atom. The van der Waals surface area contributed by atoms with Crippen molar-refractivity contribution in [2.45, 2.75) is 30.3 Å². The molecule has 0 amide bonds. The van der Waals surface area contributed by atoms with Crippen LogP contribution in [0.4, 0.5) is 13.2 Å². The van der Waals surface area contributed by atoms with Gasteiger partial charge < -0.3 is 10.3 Å². The molecule has 0 fully saturated rings. The van der Waals surface area contributed by atoms with Gasteiger partial charge in [-0.2, -0.15) is 13.2 Å². The van der Waals surface area contributed by atoms with E-state index in [0.717, 1.165) is 5.56 Å². The standard InChI is InChI=1S/C7H8O3S.C4H8F3NS/c1-6-2-4-7(5-3-6)11(8,9)10;1-3(8)2-9-4(5,6)7/h2-5H,1H3,(H,8,9,10);3H,2,8H2,1H3/t;3-/m.0/s1. The number of aryl methyl sites for hydroxylation is 1. The maximum absolute atomic E-state index is 11.4. The highest BCUT2D eigenvalue weighted by atomic mass is 32.2. The van der Waals surface area contributed by atoms with Crippen LogP contribution in [0.1, 0.15) is 12.5 Å². The lowest BCUT2D eigenvalue weighted by Gasteiger charge is -2.05. The second-order valence-electron chi connectivity index (χ2n) is 4.13. The van der Waals surface area contributed by atoms with Gasteiger partial charge in [-0.15, -0.1) is 0 Å². The second kappa shape index (κ2) is 7.87. The minimum atomic E-state index is -4.27. The lowest BCUT2D eigenvalue weighted by atomic mass is 10.2. The summed E-state index contributed by atoms with van der Waals surface area (Å²) in [5, 5.41) is 0. The molecule has 0 spiro atoms. The zero-order chi connectivity index (χ0) is 16.0. The first kappa shape index (κ1) is 19.2. The lowest BCUT2D eigenvalue weighted by molar-refractivity contribution is -0.406. The second-order valence-corrected chi connectivity index (χ2v) is 6.59. The lowest BCUT2D eigenvalue weighted by Crippen LogP contribution is -2.60. The third-order valence-corrected chi connectivity index (χ3v) is 3.75. The number of quaternary nitrogens is 1. The molecule has 4 nitrogen and oxygen atoms in total. The van der Waals surface area contributed by atoms with Crippen LogP contribution in [0, 0.1) is 6.92 Å². The number of benzene rings is 1. The summed E-state index contributed by atoms with van der Waals surface area (Å²) in [5.74, 6) is 0.0451. The minimum absolute atomic E-state index is 0.0208. The van der Waals surface area contributed by atoms with Gasteiger partial charge in [0.05, 0.1) is 16.7 Å². The third kappa shape index (κ3) is 10.1. The van der Waals surface area contributed by atoms with E-state index in [1.165, 1.54) is 12.1 Å². The number of hydrogen-bond acceptors (Lipinski definition) is 4. The molecule has 0 heterocycles. The molecular formula is C11H16F3NO3S2. The van der Waals surface area contributed by atoms with Crippen LogP contribution in [-0.2, 0) is 10.1 Å². The average Bonchev–Trinajstić information content (AvgIpc) is 2.26. The quantitative estimate of drug-likeness (QED) is 0.856. The van der Waals surface area contributed by atoms with Crippen LogP contribution in [-0.4, -0.2) is 30.3 Å². The van der Waals surface area contributed by atoms with Crippen molar-refractivity contribution < 1.29 is 31.9 Å². The van der Waals surface area contributed by atoms with Gasteiger partial charge in [0.25, 0.3) is 0 Å². The molecule has 1 aromatic rings. The van der Waals surface area contributed by atoms with Crippen molar-refractivity contribution in [3.05, 3.63) is 29.8 Å². The first-order valence-corrected chi connectivity index (χ1v) is 7.87. The SMILES string of the molecule is C[C@H]([NH3+])CSC(F)(F)F.Cc1ccc(S(=O)(=O)[O-])cc1. The van der Waals surface area contributed by atoms with E-state index < -0.39 is 15.6 Å². The predicted octanol–water partition coefficient (Wildman–Crippen LogP) is 1.77. The fraction of sp³-hybridized carbons (Fsp3) is 0.455. The third-order valence-electron chi connectivity index (χ3n) is 1.84. The molecule has 1 atom stereocenters. The Hall–Kier alpha value is -0.770. The highest BCUT2D eigenvalue weighted by Crippen LogP contribution is 2.29. The molecule has 0 aliphatic rings. The molecule has 0 unspecified atom stereocenters. The highest BCUT2D eigenvalue weighted by molar-refractivity contribution is 8.00. The van der Waals surface area contributed by atoms with Crippen molar-refractivity contribution in [2.75, 3.05) is 5.75 Å². The van der Waals surface area contributed by atoms with Crippen molar-refractivity contribution in [1.82, 2.24) is 0 Å². The molecule has 0 aliphatic heterocycles. The minimum Gasteiger partial charge on any atom is -0.744 e. The van der Waals surface area contributed by atoms with Crippen LogP contribution in [0.25, 0.3) is 0 Å². The van der Waals surface area contributed by atoms with Crippen LogP contribution in [0.3, 0.4) is 0 Å². The largest absolute Gasteiger partial charge is 0.744 e. The fourth-order valence-electron chi connectivity index (χ4n) is 0.942. The van der Waals surface area contributed by atoms with Gasteiger partial charge in [0.1, 0.15) is 10.1 Å². The summed E-state index contributed by atoms with van der Waals surface area (Å²) in [6, 6.07) is 5.64. The summed E-state index contributed by atoms with van der Waals surface area (Å²) in [7, 11) is -4.27. The molecule has 0 aliphatic carbocycles. The van der Waals surface area contributed by atoms with Gasteiger partial charge >= 0.3 is 5.51 Å². The predicted molar refractivity (Wildman–Crippen MR) is 70.0 cm³/mol. The van der Waals surface area contributed by atoms with Crippen LogP contribution in [0.15, 0.2) is 29.2 Å². The van der Waals surface area contributed by atoms with Crippen LogP contribution < -0.4 is 5.73 Å². The van der Waals surface area contributed by atoms with Crippen molar-refractivity contribution in [2.24, 2.45) is 0 Å². The van der Waals surface area contributed by atoms with Gasteiger partial charge in [-0.3, -0.25) is 0 Å². The molecule has 116 valence electrons. The van der Waals surface area contributed by atoms with Gasteiger partial charge in [-0.25, -0.2) is 8.42 Å². The molecule has 0 saturated heterocycles. The number of hydrogen-bond donors (Lipinski definition) is 1. The van der Waals surface area contributed by atoms with Crippen molar-refractivity contribution in [1.29, 1.82) is 0 Å². The van der Waals surface area contributed by atoms with Gasteiger partial charge in [0.15, 0.2) is 0 Å². The Morgan fingerprint density at radius 3 is 2.00 bits per heavy atom. The van der Waals surface area contributed by atoms with Gasteiger partial charge in [-0.1, -0.05) is 17.7 Å². The molecule has 3 N–H and O–H groups in total. The maximum Gasteiger partial charge on any atom is 0.442 e. The summed E-state index contributed by atoms with van der Waals surface area (Å²) >= 11 is -0.0208. The topological polar surface area (TPSA) is 84.8 Å². The number of thioether (sulfide) groups is 1. The zero-order valence-electron chi connectivity index (χ0n) is 11.0. The van der Waals surface area contributed by atoms with Gasteiger partial charge in [0, 0.05) is 0 Å². The molecular weight excluding hydrogens is 315 g/mol. The van der Waals surface area contributed by atoms with Crippen LogP contribution >= 0.6 is 11.8 Å². The fourth-order valence-corrected chi connectivity index (χ4v) is 1.88. The Bertz CT molecular complexity index is 499. The summed E-state index contributed by atoms with van der Waals surface area (Å²) in [6.45, 7) is 3.47. The normalized spacial score (nSPS) is 13.3. The summed E-state index contributed by atoms with van der Waals surface area (Å²) in [4.78, 5) is -0.178. The summed E-state index contributed by atoms with van der Waals surface area (Å²) in [5.41, 5.74) is 0.258. The van der Waals surface area contributed by atoms with E-state index in [0.29, 0.717) is 0 Å². The molecule has 0 radical (unpaired) electrons. The summed E-state index contributed by atoms with van der Waals surface area (Å²) < 4.78 is 65.2. The van der Waals surface area contributed by atoms with E-state index in [4.69, 9.17) is 0 Å². The number of rotatable bonds is 3. The van der Waals surface area contributed by atoms with E-state index in [1.807, 2.05) is 6.92 Å². The van der Waals surface area contributed by atoms with Crippen molar-refractivity contribution in [3.63, 3.8) is 0 Å². The molecule has 0 saturated carbocycles. The van der Waals surface area contributed by atoms with Gasteiger partial charge in [-0.05, 0) is 37.7 Å². The number of halogens is 3. The van der Waals surface area contributed by atoms with Crippen LogP contribution in [0.5, 0.6) is 0 Å². The molecule has 0 aromatic heterocycles. The Kier molecular flexibility index (Phi) is 7.56. The first-order valence-electron chi connectivity index (χ1n) is 5.48. The zero-order valence-corrected chi connectivity index (χ0v) is 12.6. The highest BCUT2D eigenvalue weighted by Gasteiger charge is 2.28. The molecule has 9 heteroatoms. The van der Waals surface area contributed by atoms with E-state index in [1.54, 1.807) is 19.1 Å². The van der Waals surface area contributed by atoms with E-state index in [9.17, 15) is 26.1 Å². The van der Waals surface area contributed by atoms with E-state index in [-0.39, 0.29) is 28.5 Å². The van der Waals surface area contributed by atoms with E-state index in [2.05, 4.69) is 5.73 Å². The van der Waals surface area contributed by atoms with Crippen molar-refractivity contribution in [3.8, 4) is 0 Å². The molecule has 1 rings (SSSR count). The molecule has 1 aromatic carbocycles. The maximum atomic E-state index is 11.4. The van der Waals surface area contributed by atoms with Crippen molar-refractivity contribution >= 4 is 21.9 Å². The Balaban J connectivity index is 0.000000370. The Labute approximate surface area is 120 Å². The number of alkyl halides is 3. The first-order chi connectivity index (χ1) is 8.92. The molecule has 0 bridgehead atoms. The average molecular weight is 331 g/mol. The Morgan fingerprint density at radius 1 is 1.30 bits per heavy atom. The smallest absolute Gasteiger partial charge is 0.442 e.